The van der Waals surface area contributed by atoms with Crippen molar-refractivity contribution in [2.75, 3.05) is 0 Å². The van der Waals surface area contributed by atoms with Gasteiger partial charge in [0.05, 0.1) is 0 Å². The Morgan fingerprint density at radius 3 is 1.76 bits per heavy atom. The van der Waals surface area contributed by atoms with Crippen molar-refractivity contribution in [2.45, 2.75) is 110 Å². The third kappa shape index (κ3) is 11.3. The van der Waals surface area contributed by atoms with E-state index in [9.17, 15) is 0 Å². The minimum atomic E-state index is 1.22. The third-order valence-corrected chi connectivity index (χ3v) is 6.04. The number of unbranched alkanes of at least 4 members (excludes halogenated alkanes) is 13. The highest BCUT2D eigenvalue weighted by Crippen LogP contribution is 2.17. The van der Waals surface area contributed by atoms with E-state index in [1.807, 2.05) is 0 Å². The Bertz CT molecular complexity index is 667. The predicted molar refractivity (Wildman–Crippen MR) is 132 cm³/mol. The first-order valence-corrected chi connectivity index (χ1v) is 12.5. The van der Waals surface area contributed by atoms with Crippen LogP contribution in [0.1, 0.15) is 109 Å². The average molecular weight is 393 g/mol. The fourth-order valence-electron chi connectivity index (χ4n) is 4.15. The number of hydrogen-bond donors (Lipinski definition) is 0. The van der Waals surface area contributed by atoms with Crippen LogP contribution < -0.4 is 0 Å². The van der Waals surface area contributed by atoms with Gasteiger partial charge in [0, 0.05) is 0 Å². The molecule has 2 rings (SSSR count). The summed E-state index contributed by atoms with van der Waals surface area (Å²) in [5.41, 5.74) is 1.49. The van der Waals surface area contributed by atoms with E-state index in [1.54, 1.807) is 0 Å². The molecule has 29 heavy (non-hydrogen) atoms. The molecule has 0 fully saturated rings. The van der Waals surface area contributed by atoms with Crippen LogP contribution in [0.15, 0.2) is 54.6 Å². The highest BCUT2D eigenvalue weighted by molar-refractivity contribution is 5.82. The molecule has 0 saturated carbocycles. The summed E-state index contributed by atoms with van der Waals surface area (Å²) in [6, 6.07) is 15.6. The molecule has 160 valence electrons. The lowest BCUT2D eigenvalue weighted by Gasteiger charge is -2.04. The Morgan fingerprint density at radius 2 is 1.10 bits per heavy atom. The second kappa shape index (κ2) is 16.3. The molecule has 0 unspecified atom stereocenters. The molecule has 0 nitrogen and oxygen atoms in total. The molecule has 2 aromatic carbocycles. The number of hydrogen-bond acceptors (Lipinski definition) is 0. The van der Waals surface area contributed by atoms with Gasteiger partial charge >= 0.3 is 0 Å². The minimum absolute atomic E-state index is 1.22. The topological polar surface area (TPSA) is 0 Å². The summed E-state index contributed by atoms with van der Waals surface area (Å²) >= 11 is 0. The maximum atomic E-state index is 2.42. The highest BCUT2D eigenvalue weighted by Gasteiger charge is 1.97. The van der Waals surface area contributed by atoms with Crippen LogP contribution in [0.3, 0.4) is 0 Å². The summed E-state index contributed by atoms with van der Waals surface area (Å²) in [6.07, 6.45) is 26.9. The Morgan fingerprint density at radius 1 is 0.552 bits per heavy atom. The normalized spacial score (nSPS) is 11.6. The summed E-state index contributed by atoms with van der Waals surface area (Å²) in [4.78, 5) is 0. The largest absolute Gasteiger partial charge is 0.0885 e. The Balaban J connectivity index is 1.37. The average Bonchev–Trinajstić information content (AvgIpc) is 2.76. The molecule has 0 atom stereocenters. The van der Waals surface area contributed by atoms with Gasteiger partial charge < -0.3 is 0 Å². The fraction of sp³-hybridized carbons (Fsp3) is 0.586. The first-order chi connectivity index (χ1) is 14.4. The van der Waals surface area contributed by atoms with Crippen molar-refractivity contribution in [1.82, 2.24) is 0 Å². The van der Waals surface area contributed by atoms with E-state index in [2.05, 4.69) is 61.5 Å². The third-order valence-electron chi connectivity index (χ3n) is 6.04. The molecule has 0 saturated heterocycles. The molecule has 0 radical (unpaired) electrons. The van der Waals surface area contributed by atoms with E-state index >= 15 is 0 Å². The Labute approximate surface area is 180 Å². The minimum Gasteiger partial charge on any atom is -0.0885 e. The Hall–Kier alpha value is -1.56. The quantitative estimate of drug-likeness (QED) is 0.185. The van der Waals surface area contributed by atoms with Crippen molar-refractivity contribution < 1.29 is 0 Å². The molecule has 0 N–H and O–H groups in total. The number of rotatable bonds is 17. The first-order valence-electron chi connectivity index (χ1n) is 12.5. The molecule has 0 aliphatic carbocycles. The van der Waals surface area contributed by atoms with Crippen LogP contribution in [-0.4, -0.2) is 0 Å². The molecular weight excluding hydrogens is 348 g/mol. The van der Waals surface area contributed by atoms with Crippen LogP contribution in [0, 0.1) is 0 Å². The number of benzene rings is 2. The van der Waals surface area contributed by atoms with E-state index in [4.69, 9.17) is 0 Å². The number of fused-ring (bicyclic) bond motifs is 1. The van der Waals surface area contributed by atoms with Gasteiger partial charge in [0.1, 0.15) is 0 Å². The van der Waals surface area contributed by atoms with Crippen LogP contribution in [0.4, 0.5) is 0 Å². The summed E-state index contributed by atoms with van der Waals surface area (Å²) in [7, 11) is 0. The van der Waals surface area contributed by atoms with Gasteiger partial charge in [-0.05, 0) is 54.9 Å². The lowest BCUT2D eigenvalue weighted by molar-refractivity contribution is 0.557. The molecule has 0 aromatic heterocycles. The molecular formula is C29H44. The van der Waals surface area contributed by atoms with Gasteiger partial charge in [0.2, 0.25) is 0 Å². The maximum absolute atomic E-state index is 2.42. The van der Waals surface area contributed by atoms with Crippen LogP contribution in [0.5, 0.6) is 0 Å². The van der Waals surface area contributed by atoms with Crippen molar-refractivity contribution in [2.24, 2.45) is 0 Å². The van der Waals surface area contributed by atoms with Gasteiger partial charge in [-0.2, -0.15) is 0 Å². The van der Waals surface area contributed by atoms with Crippen molar-refractivity contribution >= 4 is 10.8 Å². The smallest absolute Gasteiger partial charge is 0.0181 e. The van der Waals surface area contributed by atoms with Gasteiger partial charge in [-0.25, -0.2) is 0 Å². The molecule has 0 aliphatic rings. The van der Waals surface area contributed by atoms with E-state index in [-0.39, 0.29) is 0 Å². The van der Waals surface area contributed by atoms with Gasteiger partial charge in [0.15, 0.2) is 0 Å². The van der Waals surface area contributed by atoms with E-state index in [0.29, 0.717) is 0 Å². The van der Waals surface area contributed by atoms with Crippen LogP contribution in [0.2, 0.25) is 0 Å². The first kappa shape index (κ1) is 23.7. The molecule has 0 heteroatoms. The van der Waals surface area contributed by atoms with E-state index in [1.165, 1.54) is 119 Å². The van der Waals surface area contributed by atoms with Crippen LogP contribution in [-0.2, 0) is 6.42 Å². The summed E-state index contributed by atoms with van der Waals surface area (Å²) < 4.78 is 0. The zero-order chi connectivity index (χ0) is 20.4. The summed E-state index contributed by atoms with van der Waals surface area (Å²) in [6.45, 7) is 2.29. The van der Waals surface area contributed by atoms with Gasteiger partial charge in [-0.1, -0.05) is 126 Å². The molecule has 0 amide bonds. The zero-order valence-electron chi connectivity index (χ0n) is 19.0. The second-order valence-corrected chi connectivity index (χ2v) is 8.72. The van der Waals surface area contributed by atoms with Crippen LogP contribution in [0.25, 0.3) is 10.8 Å². The molecule has 0 aliphatic heterocycles. The van der Waals surface area contributed by atoms with Gasteiger partial charge in [0.25, 0.3) is 0 Å². The maximum Gasteiger partial charge on any atom is -0.0181 e. The summed E-state index contributed by atoms with van der Waals surface area (Å²) in [5.74, 6) is 0. The molecule has 2 aromatic rings. The van der Waals surface area contributed by atoms with Crippen molar-refractivity contribution in [3.05, 3.63) is 60.2 Å². The zero-order valence-corrected chi connectivity index (χ0v) is 19.0. The number of allylic oxidation sites excluding steroid dienone is 2. The molecule has 0 bridgehead atoms. The van der Waals surface area contributed by atoms with Gasteiger partial charge in [-0.15, -0.1) is 0 Å². The SMILES string of the molecule is CCCCCCCCCCCC/C=C/CCCCCc1ccc2ccccc2c1. The summed E-state index contributed by atoms with van der Waals surface area (Å²) in [5, 5.41) is 2.73. The second-order valence-electron chi connectivity index (χ2n) is 8.72. The van der Waals surface area contributed by atoms with Gasteiger partial charge in [-0.3, -0.25) is 0 Å². The fourth-order valence-corrected chi connectivity index (χ4v) is 4.15. The predicted octanol–water partition coefficient (Wildman–Crippen LogP) is 9.81. The number of aryl methyl sites for hydroxylation is 1. The molecule has 0 heterocycles. The van der Waals surface area contributed by atoms with E-state index < -0.39 is 0 Å². The highest BCUT2D eigenvalue weighted by atomic mass is 14.0. The Kier molecular flexibility index (Phi) is 13.3. The van der Waals surface area contributed by atoms with Crippen molar-refractivity contribution in [3.63, 3.8) is 0 Å². The monoisotopic (exact) mass is 392 g/mol. The van der Waals surface area contributed by atoms with E-state index in [0.717, 1.165) is 0 Å². The van der Waals surface area contributed by atoms with Crippen molar-refractivity contribution in [3.8, 4) is 0 Å². The standard InChI is InChI=1S/C29H44/c1-2-3-4-5-6-7-8-9-10-11-12-13-14-15-16-17-18-21-27-24-25-28-22-19-20-23-29(28)26-27/h13-14,19-20,22-26H,2-12,15-18,21H2,1H3/b14-13+. The lowest BCUT2D eigenvalue weighted by Crippen LogP contribution is -1.86. The van der Waals surface area contributed by atoms with Crippen molar-refractivity contribution in [1.29, 1.82) is 0 Å². The molecule has 0 spiro atoms. The lowest BCUT2D eigenvalue weighted by atomic mass is 10.0. The van der Waals surface area contributed by atoms with Crippen LogP contribution >= 0.6 is 0 Å².